The number of carbonyl (C=O) groups excluding carboxylic acids is 2. The molecule has 0 saturated carbocycles. The number of allylic oxidation sites excluding steroid dienone is 2. The smallest absolute Gasteiger partial charge is 0.224 e. The third-order valence-corrected chi connectivity index (χ3v) is 5.15. The molecule has 0 bridgehead atoms. The summed E-state index contributed by atoms with van der Waals surface area (Å²) >= 11 is 1.53. The molecule has 2 heterocycles. The molecule has 0 aliphatic heterocycles. The Morgan fingerprint density at radius 1 is 1.28 bits per heavy atom. The first-order valence-corrected chi connectivity index (χ1v) is 9.01. The van der Waals surface area contributed by atoms with E-state index in [0.29, 0.717) is 25.8 Å². The van der Waals surface area contributed by atoms with Gasteiger partial charge in [0.15, 0.2) is 0 Å². The maximum Gasteiger partial charge on any atom is 0.224 e. The normalized spacial score (nSPS) is 19.5. The second kappa shape index (κ2) is 8.02. The molecule has 0 unspecified atom stereocenters. The average molecular weight is 356 g/mol. The van der Waals surface area contributed by atoms with Gasteiger partial charge in [0.1, 0.15) is 5.01 Å². The molecule has 2 aromatic rings. The van der Waals surface area contributed by atoms with Gasteiger partial charge in [-0.25, -0.2) is 4.98 Å². The maximum atomic E-state index is 12.3. The Balaban J connectivity index is 1.53. The minimum atomic E-state index is -1.16. The maximum absolute atomic E-state index is 12.3. The molecule has 0 spiro atoms. The number of carboxylic acid groups (broad SMARTS) is 1. The SMILES string of the molecule is O=C([O-])[C@H]1CC=CC[C@H]1C(=O)NCCc1csc(-c2cccnc2)n1. The third-order valence-electron chi connectivity index (χ3n) is 4.21. The fraction of sp³-hybridized carbons (Fsp3) is 0.333. The molecule has 25 heavy (non-hydrogen) atoms. The lowest BCUT2D eigenvalue weighted by molar-refractivity contribution is -0.313. The number of pyridine rings is 1. The van der Waals surface area contributed by atoms with Crippen molar-refractivity contribution in [1.82, 2.24) is 15.3 Å². The standard InChI is InChI=1S/C18H19N3O3S/c22-16(14-5-1-2-6-15(14)18(23)24)20-9-7-13-11-25-17(21-13)12-4-3-8-19-10-12/h1-4,8,10-11,14-15H,5-7,9H2,(H,20,22)(H,23,24)/p-1/t14-,15+/m1/s1. The molecule has 0 fully saturated rings. The van der Waals surface area contributed by atoms with Gasteiger partial charge in [0.2, 0.25) is 5.91 Å². The number of hydrogen-bond acceptors (Lipinski definition) is 6. The zero-order valence-corrected chi connectivity index (χ0v) is 14.4. The van der Waals surface area contributed by atoms with E-state index < -0.39 is 17.8 Å². The van der Waals surface area contributed by atoms with Crippen molar-refractivity contribution in [1.29, 1.82) is 0 Å². The number of aliphatic carboxylic acids is 1. The number of amides is 1. The second-order valence-corrected chi connectivity index (χ2v) is 6.76. The first-order chi connectivity index (χ1) is 12.1. The van der Waals surface area contributed by atoms with Gasteiger partial charge in [-0.15, -0.1) is 11.3 Å². The van der Waals surface area contributed by atoms with Crippen molar-refractivity contribution in [2.45, 2.75) is 19.3 Å². The summed E-state index contributed by atoms with van der Waals surface area (Å²) < 4.78 is 0. The molecule has 1 N–H and O–H groups in total. The Labute approximate surface area is 149 Å². The second-order valence-electron chi connectivity index (χ2n) is 5.90. The van der Waals surface area contributed by atoms with E-state index in [0.717, 1.165) is 16.3 Å². The quantitative estimate of drug-likeness (QED) is 0.785. The number of nitrogens with zero attached hydrogens (tertiary/aromatic N) is 2. The van der Waals surface area contributed by atoms with Gasteiger partial charge < -0.3 is 15.2 Å². The van der Waals surface area contributed by atoms with Crippen molar-refractivity contribution in [3.63, 3.8) is 0 Å². The molecule has 6 nitrogen and oxygen atoms in total. The Hall–Kier alpha value is -2.54. The number of thiazole rings is 1. The van der Waals surface area contributed by atoms with Gasteiger partial charge in [0.05, 0.1) is 5.69 Å². The molecule has 0 aromatic carbocycles. The van der Waals surface area contributed by atoms with Gasteiger partial charge in [-0.1, -0.05) is 12.2 Å². The van der Waals surface area contributed by atoms with Crippen LogP contribution < -0.4 is 10.4 Å². The zero-order valence-electron chi connectivity index (χ0n) is 13.6. The van der Waals surface area contributed by atoms with Crippen LogP contribution in [0, 0.1) is 11.8 Å². The number of hydrogen-bond donors (Lipinski definition) is 1. The summed E-state index contributed by atoms with van der Waals surface area (Å²) in [5, 5.41) is 16.8. The van der Waals surface area contributed by atoms with E-state index in [-0.39, 0.29) is 5.91 Å². The lowest BCUT2D eigenvalue weighted by atomic mass is 9.82. The van der Waals surface area contributed by atoms with Crippen LogP contribution in [0.5, 0.6) is 0 Å². The largest absolute Gasteiger partial charge is 0.550 e. The third kappa shape index (κ3) is 4.30. The fourth-order valence-corrected chi connectivity index (χ4v) is 3.70. The molecular weight excluding hydrogens is 338 g/mol. The van der Waals surface area contributed by atoms with Crippen LogP contribution in [0.2, 0.25) is 0 Å². The van der Waals surface area contributed by atoms with Crippen molar-refractivity contribution in [2.75, 3.05) is 6.54 Å². The molecule has 0 radical (unpaired) electrons. The van der Waals surface area contributed by atoms with E-state index in [2.05, 4.69) is 15.3 Å². The lowest BCUT2D eigenvalue weighted by Crippen LogP contribution is -2.44. The summed E-state index contributed by atoms with van der Waals surface area (Å²) in [6.45, 7) is 0.426. The van der Waals surface area contributed by atoms with E-state index >= 15 is 0 Å². The predicted octanol–water partition coefficient (Wildman–Crippen LogP) is 1.20. The summed E-state index contributed by atoms with van der Waals surface area (Å²) in [4.78, 5) is 32.1. The van der Waals surface area contributed by atoms with Crippen molar-refractivity contribution in [2.24, 2.45) is 11.8 Å². The molecule has 1 aliphatic carbocycles. The van der Waals surface area contributed by atoms with Crippen LogP contribution in [-0.2, 0) is 16.0 Å². The van der Waals surface area contributed by atoms with Gasteiger partial charge >= 0.3 is 0 Å². The van der Waals surface area contributed by atoms with Gasteiger partial charge in [0, 0.05) is 54.1 Å². The number of rotatable bonds is 6. The van der Waals surface area contributed by atoms with Crippen LogP contribution in [0.3, 0.4) is 0 Å². The van der Waals surface area contributed by atoms with Gasteiger partial charge in [-0.2, -0.15) is 0 Å². The summed E-state index contributed by atoms with van der Waals surface area (Å²) in [7, 11) is 0. The van der Waals surface area contributed by atoms with E-state index in [1.165, 1.54) is 11.3 Å². The average Bonchev–Trinajstić information content (AvgIpc) is 3.11. The highest BCUT2D eigenvalue weighted by Gasteiger charge is 2.29. The Morgan fingerprint density at radius 2 is 2.08 bits per heavy atom. The fourth-order valence-electron chi connectivity index (χ4n) is 2.85. The van der Waals surface area contributed by atoms with Gasteiger partial charge in [-0.05, 0) is 25.0 Å². The van der Waals surface area contributed by atoms with Crippen LogP contribution in [0.1, 0.15) is 18.5 Å². The molecule has 3 rings (SSSR count). The van der Waals surface area contributed by atoms with Crippen LogP contribution in [0.4, 0.5) is 0 Å². The van der Waals surface area contributed by atoms with Gasteiger partial charge in [-0.3, -0.25) is 9.78 Å². The van der Waals surface area contributed by atoms with E-state index in [1.54, 1.807) is 18.5 Å². The summed E-state index contributed by atoms with van der Waals surface area (Å²) in [6.07, 6.45) is 8.51. The Morgan fingerprint density at radius 3 is 2.80 bits per heavy atom. The molecule has 130 valence electrons. The van der Waals surface area contributed by atoms with Crippen LogP contribution in [0.15, 0.2) is 42.1 Å². The molecule has 1 amide bonds. The van der Waals surface area contributed by atoms with E-state index in [1.807, 2.05) is 23.6 Å². The Bertz CT molecular complexity index is 773. The first kappa shape index (κ1) is 17.3. The highest BCUT2D eigenvalue weighted by molar-refractivity contribution is 7.13. The summed E-state index contributed by atoms with van der Waals surface area (Å²) in [6, 6.07) is 3.82. The van der Waals surface area contributed by atoms with E-state index in [9.17, 15) is 14.7 Å². The zero-order chi connectivity index (χ0) is 17.6. The van der Waals surface area contributed by atoms with Crippen molar-refractivity contribution >= 4 is 23.2 Å². The van der Waals surface area contributed by atoms with Crippen molar-refractivity contribution < 1.29 is 14.7 Å². The number of aromatic nitrogens is 2. The number of carboxylic acids is 1. The molecule has 2 aromatic heterocycles. The van der Waals surface area contributed by atoms with Crippen LogP contribution in [-0.4, -0.2) is 28.4 Å². The van der Waals surface area contributed by atoms with Crippen molar-refractivity contribution in [3.8, 4) is 10.6 Å². The molecule has 7 heteroatoms. The minimum absolute atomic E-state index is 0.235. The first-order valence-electron chi connectivity index (χ1n) is 8.13. The van der Waals surface area contributed by atoms with Crippen LogP contribution >= 0.6 is 11.3 Å². The summed E-state index contributed by atoms with van der Waals surface area (Å²) in [5.41, 5.74) is 1.86. The molecule has 0 saturated heterocycles. The monoisotopic (exact) mass is 356 g/mol. The predicted molar refractivity (Wildman–Crippen MR) is 92.4 cm³/mol. The highest BCUT2D eigenvalue weighted by Crippen LogP contribution is 2.25. The topological polar surface area (TPSA) is 95.0 Å². The van der Waals surface area contributed by atoms with E-state index in [4.69, 9.17) is 0 Å². The molecular formula is C18H18N3O3S-. The molecule has 2 atom stereocenters. The summed E-state index contributed by atoms with van der Waals surface area (Å²) in [5.74, 6) is -2.70. The lowest BCUT2D eigenvalue weighted by Gasteiger charge is -2.28. The van der Waals surface area contributed by atoms with Gasteiger partial charge in [0.25, 0.3) is 0 Å². The number of nitrogens with one attached hydrogen (secondary N) is 1. The van der Waals surface area contributed by atoms with Crippen molar-refractivity contribution in [3.05, 3.63) is 47.8 Å². The highest BCUT2D eigenvalue weighted by atomic mass is 32.1. The molecule has 1 aliphatic rings. The van der Waals surface area contributed by atoms with Crippen LogP contribution in [0.25, 0.3) is 10.6 Å². The Kier molecular flexibility index (Phi) is 5.55. The minimum Gasteiger partial charge on any atom is -0.550 e. The number of carbonyl (C=O) groups is 2.